The van der Waals surface area contributed by atoms with Gasteiger partial charge in [-0.15, -0.1) is 5.10 Å². The Balaban J connectivity index is 2.29. The highest BCUT2D eigenvalue weighted by molar-refractivity contribution is 7.90. The second-order valence-corrected chi connectivity index (χ2v) is 6.72. The Morgan fingerprint density at radius 3 is 2.50 bits per heavy atom. The Labute approximate surface area is 118 Å². The summed E-state index contributed by atoms with van der Waals surface area (Å²) in [5.74, 6) is 0. The van der Waals surface area contributed by atoms with E-state index in [-0.39, 0.29) is 10.9 Å². The Hall–Kier alpha value is -1.73. The molecular weight excluding hydrogens is 276 g/mol. The van der Waals surface area contributed by atoms with Crippen molar-refractivity contribution >= 4 is 9.84 Å². The fraction of sp³-hybridized carbons (Fsp3) is 0.385. The van der Waals surface area contributed by atoms with E-state index in [0.29, 0.717) is 0 Å². The zero-order valence-electron chi connectivity index (χ0n) is 11.5. The minimum atomic E-state index is -3.19. The highest BCUT2D eigenvalue weighted by Gasteiger charge is 2.15. The molecule has 108 valence electrons. The quantitative estimate of drug-likeness (QED) is 0.893. The Kier molecular flexibility index (Phi) is 4.20. The van der Waals surface area contributed by atoms with Crippen molar-refractivity contribution < 1.29 is 8.42 Å². The summed E-state index contributed by atoms with van der Waals surface area (Å²) in [6, 6.07) is 6.22. The number of rotatable bonds is 5. The molecule has 20 heavy (non-hydrogen) atoms. The zero-order valence-corrected chi connectivity index (χ0v) is 12.3. The van der Waals surface area contributed by atoms with Gasteiger partial charge in [-0.05, 0) is 24.1 Å². The van der Waals surface area contributed by atoms with E-state index >= 15 is 0 Å². The van der Waals surface area contributed by atoms with Crippen LogP contribution in [0, 0.1) is 0 Å². The van der Waals surface area contributed by atoms with Crippen LogP contribution in [0.4, 0.5) is 0 Å². The van der Waals surface area contributed by atoms with E-state index in [1.807, 2.05) is 0 Å². The molecule has 0 saturated heterocycles. The van der Waals surface area contributed by atoms with E-state index < -0.39 is 9.84 Å². The highest BCUT2D eigenvalue weighted by Crippen LogP contribution is 2.20. The van der Waals surface area contributed by atoms with Crippen LogP contribution in [0.1, 0.15) is 30.6 Å². The van der Waals surface area contributed by atoms with Crippen molar-refractivity contribution in [3.05, 3.63) is 41.7 Å². The first-order chi connectivity index (χ1) is 9.43. The molecule has 0 amide bonds. The third kappa shape index (κ3) is 3.05. The van der Waals surface area contributed by atoms with Crippen LogP contribution in [0.25, 0.3) is 0 Å². The number of aromatic nitrogens is 3. The molecule has 1 atom stereocenters. The van der Waals surface area contributed by atoms with Gasteiger partial charge in [0.2, 0.25) is 0 Å². The molecule has 1 aromatic carbocycles. The second-order valence-electron chi connectivity index (χ2n) is 4.70. The number of benzene rings is 1. The van der Waals surface area contributed by atoms with Gasteiger partial charge in [0.15, 0.2) is 9.84 Å². The lowest BCUT2D eigenvalue weighted by Crippen LogP contribution is -2.17. The molecule has 0 aliphatic heterocycles. The first-order valence-electron chi connectivity index (χ1n) is 6.37. The molecule has 0 bridgehead atoms. The largest absolute Gasteiger partial charge is 0.319 e. The Bertz CT molecular complexity index is 677. The number of sulfone groups is 1. The SMILES string of the molecule is CCCn1nncc1C(N)c1ccc(S(C)(=O)=O)cc1. The van der Waals surface area contributed by atoms with Crippen LogP contribution in [0.15, 0.2) is 35.4 Å². The average molecular weight is 294 g/mol. The van der Waals surface area contributed by atoms with Gasteiger partial charge < -0.3 is 5.73 Å². The molecular formula is C13H18N4O2S. The second kappa shape index (κ2) is 5.72. The first-order valence-corrected chi connectivity index (χ1v) is 8.26. The number of aryl methyl sites for hydroxylation is 1. The fourth-order valence-corrected chi connectivity index (χ4v) is 2.62. The number of nitrogens with zero attached hydrogens (tertiary/aromatic N) is 3. The van der Waals surface area contributed by atoms with Gasteiger partial charge in [0, 0.05) is 12.8 Å². The third-order valence-electron chi connectivity index (χ3n) is 3.07. The first kappa shape index (κ1) is 14.7. The molecule has 2 N–H and O–H groups in total. The monoisotopic (exact) mass is 294 g/mol. The molecule has 0 saturated carbocycles. The van der Waals surface area contributed by atoms with Crippen LogP contribution in [0.5, 0.6) is 0 Å². The molecule has 2 rings (SSSR count). The summed E-state index contributed by atoms with van der Waals surface area (Å²) in [7, 11) is -3.19. The number of hydrogen-bond acceptors (Lipinski definition) is 5. The van der Waals surface area contributed by atoms with Crippen molar-refractivity contribution in [1.82, 2.24) is 15.0 Å². The van der Waals surface area contributed by atoms with Crippen LogP contribution in [-0.4, -0.2) is 29.7 Å². The summed E-state index contributed by atoms with van der Waals surface area (Å²) in [5, 5.41) is 7.88. The highest BCUT2D eigenvalue weighted by atomic mass is 32.2. The van der Waals surface area contributed by atoms with Crippen molar-refractivity contribution in [2.45, 2.75) is 30.8 Å². The molecule has 6 nitrogen and oxygen atoms in total. The van der Waals surface area contributed by atoms with E-state index in [0.717, 1.165) is 24.2 Å². The smallest absolute Gasteiger partial charge is 0.175 e. The molecule has 7 heteroatoms. The van der Waals surface area contributed by atoms with Crippen LogP contribution in [0.3, 0.4) is 0 Å². The molecule has 0 spiro atoms. The van der Waals surface area contributed by atoms with Crippen molar-refractivity contribution in [3.8, 4) is 0 Å². The summed E-state index contributed by atoms with van der Waals surface area (Å²) >= 11 is 0. The lowest BCUT2D eigenvalue weighted by atomic mass is 10.1. The molecule has 0 aliphatic carbocycles. The predicted octanol–water partition coefficient (Wildman–Crippen LogP) is 1.14. The lowest BCUT2D eigenvalue weighted by Gasteiger charge is -2.13. The van der Waals surface area contributed by atoms with E-state index in [4.69, 9.17) is 5.73 Å². The maximum absolute atomic E-state index is 11.4. The predicted molar refractivity (Wildman–Crippen MR) is 75.9 cm³/mol. The maximum atomic E-state index is 11.4. The molecule has 1 unspecified atom stereocenters. The van der Waals surface area contributed by atoms with Gasteiger partial charge in [-0.25, -0.2) is 13.1 Å². The van der Waals surface area contributed by atoms with Crippen molar-refractivity contribution in [3.63, 3.8) is 0 Å². The van der Waals surface area contributed by atoms with Gasteiger partial charge in [0.05, 0.1) is 22.8 Å². The van der Waals surface area contributed by atoms with E-state index in [1.54, 1.807) is 35.1 Å². The maximum Gasteiger partial charge on any atom is 0.175 e. The molecule has 1 aromatic heterocycles. The Morgan fingerprint density at radius 1 is 1.30 bits per heavy atom. The third-order valence-corrected chi connectivity index (χ3v) is 4.20. The molecule has 0 aliphatic rings. The summed E-state index contributed by atoms with van der Waals surface area (Å²) in [6.07, 6.45) is 3.77. The topological polar surface area (TPSA) is 90.9 Å². The van der Waals surface area contributed by atoms with E-state index in [2.05, 4.69) is 17.2 Å². The summed E-state index contributed by atoms with van der Waals surface area (Å²) < 4.78 is 24.6. The zero-order chi connectivity index (χ0) is 14.8. The minimum Gasteiger partial charge on any atom is -0.319 e. The van der Waals surface area contributed by atoms with Gasteiger partial charge >= 0.3 is 0 Å². The van der Waals surface area contributed by atoms with Crippen LogP contribution in [-0.2, 0) is 16.4 Å². The molecule has 0 fully saturated rings. The summed E-state index contributed by atoms with van der Waals surface area (Å²) in [6.45, 7) is 2.81. The summed E-state index contributed by atoms with van der Waals surface area (Å²) in [5.41, 5.74) is 7.85. The Morgan fingerprint density at radius 2 is 1.95 bits per heavy atom. The minimum absolute atomic E-state index is 0.286. The fourth-order valence-electron chi connectivity index (χ4n) is 1.99. The standard InChI is InChI=1S/C13H18N4O2S/c1-3-8-17-12(9-15-16-17)13(14)10-4-6-11(7-5-10)20(2,18)19/h4-7,9,13H,3,8,14H2,1-2H3. The van der Waals surface area contributed by atoms with Gasteiger partial charge in [0.25, 0.3) is 0 Å². The molecule has 0 radical (unpaired) electrons. The number of hydrogen-bond donors (Lipinski definition) is 1. The normalized spacial score (nSPS) is 13.3. The molecule has 1 heterocycles. The average Bonchev–Trinajstić information content (AvgIpc) is 2.86. The van der Waals surface area contributed by atoms with Crippen LogP contribution >= 0.6 is 0 Å². The van der Waals surface area contributed by atoms with Crippen molar-refractivity contribution in [2.24, 2.45) is 5.73 Å². The van der Waals surface area contributed by atoms with Gasteiger partial charge in [-0.1, -0.05) is 24.3 Å². The van der Waals surface area contributed by atoms with Crippen molar-refractivity contribution in [1.29, 1.82) is 0 Å². The van der Waals surface area contributed by atoms with Crippen LogP contribution < -0.4 is 5.73 Å². The summed E-state index contributed by atoms with van der Waals surface area (Å²) in [4.78, 5) is 0.286. The van der Waals surface area contributed by atoms with Gasteiger partial charge in [-0.3, -0.25) is 0 Å². The lowest BCUT2D eigenvalue weighted by molar-refractivity contribution is 0.543. The van der Waals surface area contributed by atoms with Crippen LogP contribution in [0.2, 0.25) is 0 Å². The number of nitrogens with two attached hydrogens (primary N) is 1. The molecule has 2 aromatic rings. The van der Waals surface area contributed by atoms with Crippen molar-refractivity contribution in [2.75, 3.05) is 6.26 Å². The van der Waals surface area contributed by atoms with Gasteiger partial charge in [0.1, 0.15) is 0 Å². The van der Waals surface area contributed by atoms with E-state index in [1.165, 1.54) is 6.26 Å². The van der Waals surface area contributed by atoms with Gasteiger partial charge in [-0.2, -0.15) is 0 Å². The van der Waals surface area contributed by atoms with E-state index in [9.17, 15) is 8.42 Å².